The number of aryl methyl sites for hydroxylation is 1. The van der Waals surface area contributed by atoms with Gasteiger partial charge in [-0.3, -0.25) is 19.2 Å². The average Bonchev–Trinajstić information content (AvgIpc) is 2.64. The molecule has 0 atom stereocenters. The molecule has 0 saturated heterocycles. The topological polar surface area (TPSA) is 232 Å². The molecular weight excluding hydrogens is 519 g/mol. The SMILES string of the molecule is CC(=O)OC(C)=O.CC(=O)[O-].CC(=O)c1c(O)cc(O)cc1O.Cc1cc(=O)c2c(O)cc(O)cc2o1.[Na+]. The fourth-order valence-corrected chi connectivity index (χ4v) is 2.53. The third-order valence-electron chi connectivity index (χ3n) is 3.64. The number of aromatic hydroxyl groups is 5. The maximum atomic E-state index is 11.4. The average molecular weight is 544 g/mol. The molecule has 0 amide bonds. The maximum Gasteiger partial charge on any atom is 1.00 e. The second-order valence-electron chi connectivity index (χ2n) is 7.05. The second-order valence-corrected chi connectivity index (χ2v) is 7.05. The zero-order valence-corrected chi connectivity index (χ0v) is 23.4. The Labute approximate surface area is 237 Å². The van der Waals surface area contributed by atoms with Crippen molar-refractivity contribution in [2.75, 3.05) is 0 Å². The van der Waals surface area contributed by atoms with Crippen LogP contribution in [0.3, 0.4) is 0 Å². The van der Waals surface area contributed by atoms with Crippen molar-refractivity contribution in [3.05, 3.63) is 51.9 Å². The van der Waals surface area contributed by atoms with E-state index < -0.39 is 35.2 Å². The molecule has 2 aromatic carbocycles. The molecule has 0 bridgehead atoms. The van der Waals surface area contributed by atoms with Crippen molar-refractivity contribution in [3.63, 3.8) is 0 Å². The van der Waals surface area contributed by atoms with Gasteiger partial charge in [-0.05, 0) is 20.8 Å². The number of benzene rings is 2. The van der Waals surface area contributed by atoms with E-state index in [0.29, 0.717) is 5.76 Å². The molecule has 0 spiro atoms. The quantitative estimate of drug-likeness (QED) is 0.100. The van der Waals surface area contributed by atoms with Gasteiger partial charge in [0, 0.05) is 50.1 Å². The first kappa shape index (κ1) is 36.1. The smallest absolute Gasteiger partial charge is 0.550 e. The molecule has 0 aliphatic rings. The van der Waals surface area contributed by atoms with Crippen LogP contribution >= 0.6 is 0 Å². The maximum absolute atomic E-state index is 11.4. The van der Waals surface area contributed by atoms with E-state index in [1.807, 2.05) is 0 Å². The minimum absolute atomic E-state index is 0. The number of esters is 2. The molecule has 0 saturated carbocycles. The predicted octanol–water partition coefficient (Wildman–Crippen LogP) is -1.63. The fourth-order valence-electron chi connectivity index (χ4n) is 2.53. The summed E-state index contributed by atoms with van der Waals surface area (Å²) in [6.07, 6.45) is 0. The summed E-state index contributed by atoms with van der Waals surface area (Å²) in [7, 11) is 0. The van der Waals surface area contributed by atoms with Crippen LogP contribution in [0.25, 0.3) is 11.0 Å². The molecule has 0 aliphatic heterocycles. The van der Waals surface area contributed by atoms with Gasteiger partial charge in [-0.15, -0.1) is 0 Å². The summed E-state index contributed by atoms with van der Waals surface area (Å²) >= 11 is 0. The number of rotatable bonds is 1. The Morgan fingerprint density at radius 1 is 0.763 bits per heavy atom. The minimum atomic E-state index is -1.08. The Balaban J connectivity index is 0. The van der Waals surface area contributed by atoms with Crippen molar-refractivity contribution < 1.29 is 88.5 Å². The second kappa shape index (κ2) is 16.6. The van der Waals surface area contributed by atoms with E-state index in [-0.39, 0.29) is 68.8 Å². The van der Waals surface area contributed by atoms with Crippen molar-refractivity contribution in [2.45, 2.75) is 34.6 Å². The normalized spacial score (nSPS) is 9.08. The molecule has 3 rings (SSSR count). The van der Waals surface area contributed by atoms with Crippen LogP contribution in [0, 0.1) is 6.92 Å². The number of aliphatic carboxylic acids is 1. The molecule has 38 heavy (non-hydrogen) atoms. The number of phenolic OH excluding ortho intramolecular Hbond substituents is 5. The van der Waals surface area contributed by atoms with Crippen LogP contribution in [0.2, 0.25) is 0 Å². The van der Waals surface area contributed by atoms with Gasteiger partial charge in [0.15, 0.2) is 11.2 Å². The first-order chi connectivity index (χ1) is 17.0. The minimum Gasteiger partial charge on any atom is -0.550 e. The van der Waals surface area contributed by atoms with E-state index in [0.717, 1.165) is 25.1 Å². The molecule has 13 nitrogen and oxygen atoms in total. The molecule has 1 heterocycles. The van der Waals surface area contributed by atoms with E-state index in [2.05, 4.69) is 4.74 Å². The van der Waals surface area contributed by atoms with Gasteiger partial charge in [0.2, 0.25) is 0 Å². The molecule has 0 radical (unpaired) electrons. The van der Waals surface area contributed by atoms with Gasteiger partial charge in [0.05, 0.1) is 0 Å². The van der Waals surface area contributed by atoms with E-state index >= 15 is 0 Å². The summed E-state index contributed by atoms with van der Waals surface area (Å²) in [6, 6.07) is 5.68. The molecule has 0 fully saturated rings. The predicted molar refractivity (Wildman–Crippen MR) is 125 cm³/mol. The van der Waals surface area contributed by atoms with Gasteiger partial charge in [0.1, 0.15) is 51.0 Å². The molecule has 0 unspecified atom stereocenters. The molecule has 14 heteroatoms. The van der Waals surface area contributed by atoms with Gasteiger partial charge < -0.3 is 44.6 Å². The van der Waals surface area contributed by atoms with Gasteiger partial charge in [-0.25, -0.2) is 0 Å². The number of carboxylic acids is 1. The molecule has 0 aliphatic carbocycles. The summed E-state index contributed by atoms with van der Waals surface area (Å²) in [4.78, 5) is 50.7. The standard InChI is InChI=1S/C10H8O4.C8H8O4.C4H6O3.C2H4O2.Na/c1-5-2-7(12)10-8(13)3-6(11)4-9(10)14-5;1-4(9)8-6(11)2-5(10)3-7(8)12;1-3(5)7-4(2)6;1-2(3)4;/h2-4,11,13H,1H3;2-3,10-12H,1H3;1-2H3;1H3,(H,3,4);/q;;;;+1/p-1. The number of ketones is 1. The summed E-state index contributed by atoms with van der Waals surface area (Å²) in [5.41, 5.74) is -0.304. The Kier molecular flexibility index (Phi) is 15.8. The first-order valence-electron chi connectivity index (χ1n) is 10.0. The number of carbonyl (C=O) groups is 4. The van der Waals surface area contributed by atoms with E-state index in [1.165, 1.54) is 32.9 Å². The zero-order chi connectivity index (χ0) is 29.0. The van der Waals surface area contributed by atoms with Gasteiger partial charge in [-0.1, -0.05) is 0 Å². The van der Waals surface area contributed by atoms with Crippen LogP contribution in [0.4, 0.5) is 0 Å². The Morgan fingerprint density at radius 2 is 1.16 bits per heavy atom. The molecule has 1 aromatic heterocycles. The van der Waals surface area contributed by atoms with Crippen molar-refractivity contribution in [2.24, 2.45) is 0 Å². The zero-order valence-electron chi connectivity index (χ0n) is 21.4. The van der Waals surface area contributed by atoms with Crippen molar-refractivity contribution in [1.82, 2.24) is 0 Å². The summed E-state index contributed by atoms with van der Waals surface area (Å²) in [6.45, 7) is 6.18. The summed E-state index contributed by atoms with van der Waals surface area (Å²) < 4.78 is 9.16. The first-order valence-corrected chi connectivity index (χ1v) is 10.0. The van der Waals surface area contributed by atoms with E-state index in [4.69, 9.17) is 29.6 Å². The fraction of sp³-hybridized carbons (Fsp3) is 0.208. The summed E-state index contributed by atoms with van der Waals surface area (Å²) in [5, 5.41) is 54.6. The van der Waals surface area contributed by atoms with Gasteiger partial charge in [-0.2, -0.15) is 0 Å². The number of Topliss-reactive ketones (excluding diaryl/α,β-unsaturated/α-hetero) is 1. The number of hydrogen-bond donors (Lipinski definition) is 5. The Bertz CT molecular complexity index is 1320. The van der Waals surface area contributed by atoms with Crippen LogP contribution in [0.5, 0.6) is 28.7 Å². The van der Waals surface area contributed by atoms with Crippen LogP contribution in [0.1, 0.15) is 43.8 Å². The number of carbonyl (C=O) groups excluding carboxylic acids is 4. The van der Waals surface area contributed by atoms with Crippen LogP contribution < -0.4 is 40.1 Å². The van der Waals surface area contributed by atoms with E-state index in [9.17, 15) is 29.4 Å². The largest absolute Gasteiger partial charge is 1.00 e. The van der Waals surface area contributed by atoms with Gasteiger partial charge >= 0.3 is 41.5 Å². The third-order valence-corrected chi connectivity index (χ3v) is 3.64. The van der Waals surface area contributed by atoms with Crippen LogP contribution in [-0.4, -0.2) is 49.2 Å². The number of fused-ring (bicyclic) bond motifs is 1. The number of ether oxygens (including phenoxy) is 1. The number of carboxylic acid groups (broad SMARTS) is 1. The Morgan fingerprint density at radius 3 is 1.53 bits per heavy atom. The van der Waals surface area contributed by atoms with E-state index in [1.54, 1.807) is 6.92 Å². The van der Waals surface area contributed by atoms with Crippen molar-refractivity contribution in [3.8, 4) is 28.7 Å². The Hall–Kier alpha value is -4.07. The van der Waals surface area contributed by atoms with Crippen LogP contribution in [-0.2, 0) is 19.1 Å². The molecule has 3 aromatic rings. The van der Waals surface area contributed by atoms with Crippen molar-refractivity contribution in [1.29, 1.82) is 0 Å². The number of hydrogen-bond acceptors (Lipinski definition) is 13. The number of phenols is 5. The van der Waals surface area contributed by atoms with Crippen molar-refractivity contribution >= 4 is 34.7 Å². The summed E-state index contributed by atoms with van der Waals surface area (Å²) in [5.74, 6) is -3.75. The van der Waals surface area contributed by atoms with Crippen LogP contribution in [0.15, 0.2) is 39.5 Å². The molecule has 5 N–H and O–H groups in total. The molecule has 200 valence electrons. The molecular formula is C24H25NaO13. The van der Waals surface area contributed by atoms with Gasteiger partial charge in [0.25, 0.3) is 0 Å². The monoisotopic (exact) mass is 544 g/mol. The third kappa shape index (κ3) is 13.3.